The van der Waals surface area contributed by atoms with E-state index in [1.54, 1.807) is 59.1 Å². The average molecular weight is 456 g/mol. The van der Waals surface area contributed by atoms with Crippen LogP contribution in [-0.4, -0.2) is 54.6 Å². The molecule has 0 bridgehead atoms. The molecule has 0 radical (unpaired) electrons. The van der Waals surface area contributed by atoms with E-state index in [4.69, 9.17) is 9.47 Å². The van der Waals surface area contributed by atoms with Crippen LogP contribution in [0.5, 0.6) is 5.75 Å². The second-order valence-electron chi connectivity index (χ2n) is 8.52. The average Bonchev–Trinajstić information content (AvgIpc) is 2.76. The number of benzene rings is 2. The van der Waals surface area contributed by atoms with Gasteiger partial charge in [-0.1, -0.05) is 36.4 Å². The summed E-state index contributed by atoms with van der Waals surface area (Å²) in [6, 6.07) is 15.4. The Bertz CT molecular complexity index is 941. The van der Waals surface area contributed by atoms with Crippen LogP contribution in [0.1, 0.15) is 33.3 Å². The van der Waals surface area contributed by atoms with Gasteiger partial charge >= 0.3 is 6.09 Å². The number of nitrogens with zero attached hydrogens (tertiary/aromatic N) is 1. The van der Waals surface area contributed by atoms with Crippen molar-refractivity contribution < 1.29 is 23.9 Å². The standard InChI is InChI=1S/C25H33N3O5/c1-6-28(17-22(29)26-19-13-10-14-20(16-19)32-5)23(30)21(15-18-11-8-7-9-12-18)27-24(31)33-25(2,3)4/h7-14,16,21H,6,15,17H2,1-5H3,(H,26,29)(H,27,31). The number of carbonyl (C=O) groups excluding carboxylic acids is 3. The summed E-state index contributed by atoms with van der Waals surface area (Å²) in [6.07, 6.45) is -0.416. The van der Waals surface area contributed by atoms with Gasteiger partial charge in [0.25, 0.3) is 0 Å². The van der Waals surface area contributed by atoms with Gasteiger partial charge in [-0.05, 0) is 45.4 Å². The fourth-order valence-electron chi connectivity index (χ4n) is 3.14. The van der Waals surface area contributed by atoms with Gasteiger partial charge in [0.05, 0.1) is 13.7 Å². The van der Waals surface area contributed by atoms with Crippen LogP contribution >= 0.6 is 0 Å². The molecule has 0 aliphatic heterocycles. The van der Waals surface area contributed by atoms with Gasteiger partial charge < -0.3 is 25.0 Å². The number of amides is 3. The van der Waals surface area contributed by atoms with Gasteiger partial charge in [-0.2, -0.15) is 0 Å². The molecule has 8 heteroatoms. The second kappa shape index (κ2) is 11.9. The molecule has 0 saturated heterocycles. The molecule has 2 aromatic carbocycles. The lowest BCUT2D eigenvalue weighted by Crippen LogP contribution is -2.52. The first-order valence-corrected chi connectivity index (χ1v) is 10.9. The number of anilines is 1. The topological polar surface area (TPSA) is 97.0 Å². The summed E-state index contributed by atoms with van der Waals surface area (Å²) in [7, 11) is 1.54. The fourth-order valence-corrected chi connectivity index (χ4v) is 3.14. The van der Waals surface area contributed by atoms with Gasteiger partial charge in [0.2, 0.25) is 11.8 Å². The van der Waals surface area contributed by atoms with Crippen LogP contribution in [0.3, 0.4) is 0 Å². The minimum Gasteiger partial charge on any atom is -0.497 e. The molecular formula is C25H33N3O5. The summed E-state index contributed by atoms with van der Waals surface area (Å²) < 4.78 is 10.5. The number of hydrogen-bond donors (Lipinski definition) is 2. The van der Waals surface area contributed by atoms with Crippen molar-refractivity contribution in [1.82, 2.24) is 10.2 Å². The molecule has 0 spiro atoms. The zero-order valence-corrected chi connectivity index (χ0v) is 19.9. The molecule has 3 amide bonds. The summed E-state index contributed by atoms with van der Waals surface area (Å²) >= 11 is 0. The number of ether oxygens (including phenoxy) is 2. The van der Waals surface area contributed by atoms with Crippen molar-refractivity contribution in [2.24, 2.45) is 0 Å². The smallest absolute Gasteiger partial charge is 0.408 e. The number of nitrogens with one attached hydrogen (secondary N) is 2. The summed E-state index contributed by atoms with van der Waals surface area (Å²) in [5.74, 6) is -0.108. The van der Waals surface area contributed by atoms with Crippen LogP contribution in [0.2, 0.25) is 0 Å². The van der Waals surface area contributed by atoms with Gasteiger partial charge in [0.15, 0.2) is 0 Å². The van der Waals surface area contributed by atoms with Crippen LogP contribution < -0.4 is 15.4 Å². The number of rotatable bonds is 9. The lowest BCUT2D eigenvalue weighted by Gasteiger charge is -2.28. The Labute approximate surface area is 195 Å². The number of carbonyl (C=O) groups is 3. The van der Waals surface area contributed by atoms with E-state index in [9.17, 15) is 14.4 Å². The largest absolute Gasteiger partial charge is 0.497 e. The number of likely N-dealkylation sites (N-methyl/N-ethyl adjacent to an activating group) is 1. The molecule has 0 saturated carbocycles. The predicted octanol–water partition coefficient (Wildman–Crippen LogP) is 3.62. The van der Waals surface area contributed by atoms with E-state index in [1.165, 1.54) is 4.90 Å². The molecule has 178 valence electrons. The van der Waals surface area contributed by atoms with Crippen molar-refractivity contribution in [3.05, 3.63) is 60.2 Å². The Morgan fingerprint density at radius 1 is 1.03 bits per heavy atom. The summed E-state index contributed by atoms with van der Waals surface area (Å²) in [5.41, 5.74) is 0.741. The van der Waals surface area contributed by atoms with Crippen LogP contribution in [0.15, 0.2) is 54.6 Å². The highest BCUT2D eigenvalue weighted by Gasteiger charge is 2.29. The first-order chi connectivity index (χ1) is 15.6. The molecule has 8 nitrogen and oxygen atoms in total. The molecule has 33 heavy (non-hydrogen) atoms. The zero-order chi connectivity index (χ0) is 24.4. The lowest BCUT2D eigenvalue weighted by molar-refractivity contribution is -0.136. The monoisotopic (exact) mass is 455 g/mol. The van der Waals surface area contributed by atoms with E-state index in [0.717, 1.165) is 5.56 Å². The highest BCUT2D eigenvalue weighted by molar-refractivity contribution is 5.96. The summed E-state index contributed by atoms with van der Waals surface area (Å²) in [6.45, 7) is 7.18. The predicted molar refractivity (Wildman–Crippen MR) is 127 cm³/mol. The van der Waals surface area contributed by atoms with E-state index in [-0.39, 0.29) is 24.8 Å². The molecule has 2 aromatic rings. The molecule has 2 N–H and O–H groups in total. The fraction of sp³-hybridized carbons (Fsp3) is 0.400. The minimum atomic E-state index is -0.883. The summed E-state index contributed by atoms with van der Waals surface area (Å²) in [5, 5.41) is 5.45. The number of alkyl carbamates (subject to hydrolysis) is 1. The third kappa shape index (κ3) is 8.84. The van der Waals surface area contributed by atoms with Crippen molar-refractivity contribution in [1.29, 1.82) is 0 Å². The molecule has 0 aliphatic rings. The maximum atomic E-state index is 13.3. The maximum Gasteiger partial charge on any atom is 0.408 e. The van der Waals surface area contributed by atoms with Crippen molar-refractivity contribution in [2.75, 3.05) is 25.5 Å². The molecule has 2 rings (SSSR count). The van der Waals surface area contributed by atoms with Crippen LogP contribution in [-0.2, 0) is 20.7 Å². The van der Waals surface area contributed by atoms with Crippen molar-refractivity contribution in [2.45, 2.75) is 45.8 Å². The van der Waals surface area contributed by atoms with E-state index >= 15 is 0 Å². The molecular weight excluding hydrogens is 422 g/mol. The van der Waals surface area contributed by atoms with Gasteiger partial charge in [-0.3, -0.25) is 9.59 Å². The molecule has 0 fully saturated rings. The van der Waals surface area contributed by atoms with E-state index in [0.29, 0.717) is 18.0 Å². The Hall–Kier alpha value is -3.55. The van der Waals surface area contributed by atoms with Crippen LogP contribution in [0.4, 0.5) is 10.5 Å². The Balaban J connectivity index is 2.13. The molecule has 1 unspecified atom stereocenters. The summed E-state index contributed by atoms with van der Waals surface area (Å²) in [4.78, 5) is 39.7. The zero-order valence-electron chi connectivity index (χ0n) is 19.9. The van der Waals surface area contributed by atoms with Crippen LogP contribution in [0.25, 0.3) is 0 Å². The van der Waals surface area contributed by atoms with Gasteiger partial charge in [0.1, 0.15) is 17.4 Å². The van der Waals surface area contributed by atoms with Crippen molar-refractivity contribution in [3.63, 3.8) is 0 Å². The van der Waals surface area contributed by atoms with Gasteiger partial charge in [-0.25, -0.2) is 4.79 Å². The van der Waals surface area contributed by atoms with E-state index in [1.807, 2.05) is 30.3 Å². The Morgan fingerprint density at radius 2 is 1.73 bits per heavy atom. The highest BCUT2D eigenvalue weighted by atomic mass is 16.6. The quantitative estimate of drug-likeness (QED) is 0.602. The maximum absolute atomic E-state index is 13.3. The highest BCUT2D eigenvalue weighted by Crippen LogP contribution is 2.17. The first-order valence-electron chi connectivity index (χ1n) is 10.9. The van der Waals surface area contributed by atoms with Gasteiger partial charge in [0, 0.05) is 24.7 Å². The normalized spacial score (nSPS) is 11.8. The third-order valence-electron chi connectivity index (χ3n) is 4.65. The molecule has 0 aliphatic carbocycles. The molecule has 1 atom stereocenters. The third-order valence-corrected chi connectivity index (χ3v) is 4.65. The minimum absolute atomic E-state index is 0.159. The lowest BCUT2D eigenvalue weighted by atomic mass is 10.0. The molecule has 0 heterocycles. The Kier molecular flexibility index (Phi) is 9.27. The van der Waals surface area contributed by atoms with Gasteiger partial charge in [-0.15, -0.1) is 0 Å². The van der Waals surface area contributed by atoms with E-state index < -0.39 is 17.7 Å². The number of methoxy groups -OCH3 is 1. The van der Waals surface area contributed by atoms with Crippen LogP contribution in [0, 0.1) is 0 Å². The van der Waals surface area contributed by atoms with Crippen molar-refractivity contribution >= 4 is 23.6 Å². The first kappa shape index (κ1) is 25.7. The van der Waals surface area contributed by atoms with E-state index in [2.05, 4.69) is 10.6 Å². The Morgan fingerprint density at radius 3 is 2.33 bits per heavy atom. The van der Waals surface area contributed by atoms with Crippen molar-refractivity contribution in [3.8, 4) is 5.75 Å². The number of hydrogen-bond acceptors (Lipinski definition) is 5. The second-order valence-corrected chi connectivity index (χ2v) is 8.52. The SMILES string of the molecule is CCN(CC(=O)Nc1cccc(OC)c1)C(=O)C(Cc1ccccc1)NC(=O)OC(C)(C)C. The molecule has 0 aromatic heterocycles.